The van der Waals surface area contributed by atoms with E-state index in [4.69, 9.17) is 0 Å². The molecule has 1 aromatic carbocycles. The molecule has 1 heteroatoms. The van der Waals surface area contributed by atoms with Gasteiger partial charge in [-0.05, 0) is 35.3 Å². The van der Waals surface area contributed by atoms with E-state index >= 15 is 0 Å². The number of hydrogen-bond donors (Lipinski definition) is 0. The molecular formula is C13H20S. The molecule has 0 atom stereocenters. The zero-order chi connectivity index (χ0) is 10.6. The van der Waals surface area contributed by atoms with Crippen LogP contribution in [0, 0.1) is 0 Å². The first-order valence-corrected chi connectivity index (χ1v) is 6.26. The molecule has 78 valence electrons. The fourth-order valence-corrected chi connectivity index (χ4v) is 2.10. The van der Waals surface area contributed by atoms with E-state index in [2.05, 4.69) is 52.0 Å². The van der Waals surface area contributed by atoms with E-state index in [9.17, 15) is 0 Å². The predicted molar refractivity (Wildman–Crippen MR) is 66.2 cm³/mol. The second-order valence-electron chi connectivity index (χ2n) is 4.63. The van der Waals surface area contributed by atoms with Gasteiger partial charge in [0.2, 0.25) is 0 Å². The first-order valence-electron chi connectivity index (χ1n) is 5.27. The zero-order valence-electron chi connectivity index (χ0n) is 9.63. The molecule has 0 fully saturated rings. The van der Waals surface area contributed by atoms with E-state index < -0.39 is 0 Å². The average molecular weight is 208 g/mol. The van der Waals surface area contributed by atoms with E-state index in [1.165, 1.54) is 22.6 Å². The molecule has 0 radical (unpaired) electrons. The molecule has 0 amide bonds. The third-order valence-corrected chi connectivity index (χ3v) is 3.37. The molecule has 0 nitrogen and oxygen atoms in total. The number of rotatable bonds is 3. The monoisotopic (exact) mass is 208 g/mol. The minimum atomic E-state index is 0.267. The molecule has 0 unspecified atom stereocenters. The van der Waals surface area contributed by atoms with Crippen LogP contribution < -0.4 is 0 Å². The highest BCUT2D eigenvalue weighted by atomic mass is 32.2. The van der Waals surface area contributed by atoms with Crippen molar-refractivity contribution in [1.82, 2.24) is 0 Å². The van der Waals surface area contributed by atoms with Crippen molar-refractivity contribution in [2.45, 2.75) is 44.4 Å². The summed E-state index contributed by atoms with van der Waals surface area (Å²) in [5.41, 5.74) is 1.70. The highest BCUT2D eigenvalue weighted by molar-refractivity contribution is 7.99. The van der Waals surface area contributed by atoms with Crippen LogP contribution in [0.2, 0.25) is 0 Å². The van der Waals surface area contributed by atoms with Crippen LogP contribution >= 0.6 is 11.8 Å². The molecule has 0 aliphatic carbocycles. The molecule has 0 bridgehead atoms. The van der Waals surface area contributed by atoms with Crippen LogP contribution in [-0.2, 0) is 5.41 Å². The maximum atomic E-state index is 2.32. The Labute approximate surface area is 92.1 Å². The Morgan fingerprint density at radius 1 is 1.21 bits per heavy atom. The fourth-order valence-electron chi connectivity index (χ4n) is 1.27. The highest BCUT2D eigenvalue weighted by Gasteiger charge is 2.13. The molecule has 1 rings (SSSR count). The van der Waals surface area contributed by atoms with Gasteiger partial charge in [0.1, 0.15) is 0 Å². The third-order valence-electron chi connectivity index (χ3n) is 2.17. The van der Waals surface area contributed by atoms with Gasteiger partial charge in [-0.2, -0.15) is 0 Å². The van der Waals surface area contributed by atoms with Gasteiger partial charge in [0.05, 0.1) is 0 Å². The molecule has 0 aromatic heterocycles. The first kappa shape index (κ1) is 11.6. The first-order chi connectivity index (χ1) is 6.54. The molecule has 0 aliphatic heterocycles. The maximum absolute atomic E-state index is 2.32. The summed E-state index contributed by atoms with van der Waals surface area (Å²) in [4.78, 5) is 1.40. The molecule has 0 saturated heterocycles. The molecule has 0 aliphatic rings. The Morgan fingerprint density at radius 2 is 1.93 bits per heavy atom. The Hall–Kier alpha value is -0.430. The van der Waals surface area contributed by atoms with Crippen molar-refractivity contribution < 1.29 is 0 Å². The Bertz CT molecular complexity index is 284. The van der Waals surface area contributed by atoms with Crippen molar-refractivity contribution in [2.24, 2.45) is 0 Å². The minimum absolute atomic E-state index is 0.267. The van der Waals surface area contributed by atoms with Gasteiger partial charge in [0, 0.05) is 4.90 Å². The molecule has 14 heavy (non-hydrogen) atoms. The topological polar surface area (TPSA) is 0 Å². The average Bonchev–Trinajstić information content (AvgIpc) is 2.14. The quantitative estimate of drug-likeness (QED) is 0.660. The lowest BCUT2D eigenvalue weighted by Gasteiger charge is -2.19. The van der Waals surface area contributed by atoms with E-state index in [-0.39, 0.29) is 5.41 Å². The van der Waals surface area contributed by atoms with Gasteiger partial charge in [-0.1, -0.05) is 39.8 Å². The molecular weight excluding hydrogens is 188 g/mol. The summed E-state index contributed by atoms with van der Waals surface area (Å²) in [5.74, 6) is 1.22. The van der Waals surface area contributed by atoms with E-state index in [0.29, 0.717) is 0 Å². The summed E-state index contributed by atoms with van der Waals surface area (Å²) in [6.45, 7) is 9.00. The van der Waals surface area contributed by atoms with Gasteiger partial charge < -0.3 is 0 Å². The van der Waals surface area contributed by atoms with Crippen LogP contribution in [0.25, 0.3) is 0 Å². The van der Waals surface area contributed by atoms with Crippen molar-refractivity contribution in [3.05, 3.63) is 29.8 Å². The van der Waals surface area contributed by atoms with Crippen LogP contribution in [0.5, 0.6) is 0 Å². The van der Waals surface area contributed by atoms with Gasteiger partial charge in [-0.25, -0.2) is 0 Å². The number of hydrogen-bond acceptors (Lipinski definition) is 1. The number of thioether (sulfide) groups is 1. The van der Waals surface area contributed by atoms with E-state index in [1.54, 1.807) is 0 Å². The van der Waals surface area contributed by atoms with Gasteiger partial charge in [0.25, 0.3) is 0 Å². The standard InChI is InChI=1S/C13H20S/c1-5-9-14-12-8-6-7-11(10-12)13(2,3)4/h6-8,10H,5,9H2,1-4H3. The van der Waals surface area contributed by atoms with Crippen molar-refractivity contribution >= 4 is 11.8 Å². The summed E-state index contributed by atoms with van der Waals surface area (Å²) in [6, 6.07) is 8.91. The van der Waals surface area contributed by atoms with Crippen molar-refractivity contribution in [2.75, 3.05) is 5.75 Å². The minimum Gasteiger partial charge on any atom is -0.126 e. The zero-order valence-corrected chi connectivity index (χ0v) is 10.4. The maximum Gasteiger partial charge on any atom is 0.00748 e. The van der Waals surface area contributed by atoms with Gasteiger partial charge in [-0.3, -0.25) is 0 Å². The van der Waals surface area contributed by atoms with Crippen molar-refractivity contribution in [1.29, 1.82) is 0 Å². The predicted octanol–water partition coefficient (Wildman–Crippen LogP) is 4.49. The van der Waals surface area contributed by atoms with Crippen LogP contribution in [0.4, 0.5) is 0 Å². The number of benzene rings is 1. The fraction of sp³-hybridized carbons (Fsp3) is 0.538. The summed E-state index contributed by atoms with van der Waals surface area (Å²) < 4.78 is 0. The van der Waals surface area contributed by atoms with E-state index in [1.807, 2.05) is 11.8 Å². The molecule has 0 heterocycles. The largest absolute Gasteiger partial charge is 0.126 e. The van der Waals surface area contributed by atoms with Crippen LogP contribution in [-0.4, -0.2) is 5.75 Å². The molecule has 0 N–H and O–H groups in total. The summed E-state index contributed by atoms with van der Waals surface area (Å²) in [6.07, 6.45) is 1.24. The van der Waals surface area contributed by atoms with Crippen molar-refractivity contribution in [3.63, 3.8) is 0 Å². The smallest absolute Gasteiger partial charge is 0.00748 e. The molecule has 1 aromatic rings. The van der Waals surface area contributed by atoms with Crippen LogP contribution in [0.15, 0.2) is 29.2 Å². The van der Waals surface area contributed by atoms with Gasteiger partial charge >= 0.3 is 0 Å². The van der Waals surface area contributed by atoms with Gasteiger partial charge in [0.15, 0.2) is 0 Å². The van der Waals surface area contributed by atoms with E-state index in [0.717, 1.165) is 0 Å². The SMILES string of the molecule is CCCSc1cccc(C(C)(C)C)c1. The Balaban J connectivity index is 2.79. The second-order valence-corrected chi connectivity index (χ2v) is 5.79. The Morgan fingerprint density at radius 3 is 2.50 bits per heavy atom. The lowest BCUT2D eigenvalue weighted by atomic mass is 9.87. The molecule has 0 spiro atoms. The Kier molecular flexibility index (Phi) is 4.06. The van der Waals surface area contributed by atoms with Crippen LogP contribution in [0.1, 0.15) is 39.7 Å². The third kappa shape index (κ3) is 3.38. The summed E-state index contributed by atoms with van der Waals surface area (Å²) in [5, 5.41) is 0. The lowest BCUT2D eigenvalue weighted by Crippen LogP contribution is -2.10. The van der Waals surface area contributed by atoms with Crippen molar-refractivity contribution in [3.8, 4) is 0 Å². The lowest BCUT2D eigenvalue weighted by molar-refractivity contribution is 0.588. The summed E-state index contributed by atoms with van der Waals surface area (Å²) >= 11 is 1.95. The summed E-state index contributed by atoms with van der Waals surface area (Å²) in [7, 11) is 0. The molecule has 0 saturated carbocycles. The second kappa shape index (κ2) is 4.88. The van der Waals surface area contributed by atoms with Gasteiger partial charge in [-0.15, -0.1) is 11.8 Å². The highest BCUT2D eigenvalue weighted by Crippen LogP contribution is 2.27. The van der Waals surface area contributed by atoms with Crippen LogP contribution in [0.3, 0.4) is 0 Å². The normalized spacial score (nSPS) is 11.7.